The monoisotopic (exact) mass is 381 g/mol. The van der Waals surface area contributed by atoms with E-state index in [0.717, 1.165) is 48.8 Å². The Bertz CT molecular complexity index is 1020. The number of ether oxygens (including phenoxy) is 2. The Labute approximate surface area is 161 Å². The molecule has 0 unspecified atom stereocenters. The summed E-state index contributed by atoms with van der Waals surface area (Å²) in [7, 11) is 0. The zero-order chi connectivity index (χ0) is 18.9. The summed E-state index contributed by atoms with van der Waals surface area (Å²) in [5.74, 6) is 1.83. The first kappa shape index (κ1) is 17.0. The predicted molar refractivity (Wildman–Crippen MR) is 104 cm³/mol. The highest BCUT2D eigenvalue weighted by atomic mass is 19.1. The lowest BCUT2D eigenvalue weighted by atomic mass is 10.1. The van der Waals surface area contributed by atoms with Crippen molar-refractivity contribution in [1.29, 1.82) is 0 Å². The Hall–Kier alpha value is -3.13. The molecule has 2 aliphatic rings. The number of nitrogens with zero attached hydrogens (tertiary/aromatic N) is 3. The molecule has 0 spiro atoms. The van der Waals surface area contributed by atoms with E-state index in [9.17, 15) is 4.39 Å². The van der Waals surface area contributed by atoms with Gasteiger partial charge in [0.15, 0.2) is 11.5 Å². The minimum Gasteiger partial charge on any atom is -0.454 e. The van der Waals surface area contributed by atoms with Crippen LogP contribution in [0, 0.1) is 5.82 Å². The third-order valence-electron chi connectivity index (χ3n) is 5.06. The molecule has 1 saturated heterocycles. The van der Waals surface area contributed by atoms with Crippen molar-refractivity contribution in [3.8, 4) is 11.5 Å². The van der Waals surface area contributed by atoms with E-state index >= 15 is 0 Å². The fraction of sp³-hybridized carbons (Fsp3) is 0.300. The second kappa shape index (κ2) is 7.12. The normalized spacial score (nSPS) is 15.8. The second-order valence-electron chi connectivity index (χ2n) is 6.82. The average molecular weight is 381 g/mol. The van der Waals surface area contributed by atoms with Crippen molar-refractivity contribution in [2.75, 3.05) is 43.2 Å². The van der Waals surface area contributed by atoms with E-state index in [-0.39, 0.29) is 12.6 Å². The van der Waals surface area contributed by atoms with Gasteiger partial charge in [-0.25, -0.2) is 14.4 Å². The van der Waals surface area contributed by atoms with Gasteiger partial charge in [-0.2, -0.15) is 0 Å². The summed E-state index contributed by atoms with van der Waals surface area (Å²) in [5, 5.41) is 7.23. The summed E-state index contributed by atoms with van der Waals surface area (Å²) in [6, 6.07) is 9.11. The topological polar surface area (TPSA) is 71.5 Å². The fourth-order valence-electron chi connectivity index (χ4n) is 3.59. The second-order valence-corrected chi connectivity index (χ2v) is 6.82. The van der Waals surface area contributed by atoms with Gasteiger partial charge in [-0.3, -0.25) is 0 Å². The van der Waals surface area contributed by atoms with Crippen LogP contribution in [0.5, 0.6) is 11.5 Å². The highest BCUT2D eigenvalue weighted by Crippen LogP contribution is 2.33. The number of aromatic nitrogens is 2. The number of nitrogens with one attached hydrogen (secondary N) is 2. The van der Waals surface area contributed by atoms with Crippen molar-refractivity contribution in [3.05, 3.63) is 48.0 Å². The maximum atomic E-state index is 14.8. The molecule has 0 atom stereocenters. The molecule has 0 radical (unpaired) electrons. The zero-order valence-electron chi connectivity index (χ0n) is 15.2. The lowest BCUT2D eigenvalue weighted by Gasteiger charge is -2.29. The average Bonchev–Trinajstić information content (AvgIpc) is 3.20. The van der Waals surface area contributed by atoms with Gasteiger partial charge in [0.1, 0.15) is 18.0 Å². The smallest absolute Gasteiger partial charge is 0.231 e. The predicted octanol–water partition coefficient (Wildman–Crippen LogP) is 2.52. The van der Waals surface area contributed by atoms with Crippen LogP contribution in [0.15, 0.2) is 36.7 Å². The summed E-state index contributed by atoms with van der Waals surface area (Å²) in [6.07, 6.45) is 1.50. The summed E-state index contributed by atoms with van der Waals surface area (Å²) >= 11 is 0. The Morgan fingerprint density at radius 3 is 2.82 bits per heavy atom. The molecule has 0 bridgehead atoms. The SMILES string of the molecule is Fc1cc2c(NCc3ccc4c(c3)OCO4)ncnc2cc1N1CCNCC1. The Balaban J connectivity index is 1.41. The molecule has 0 saturated carbocycles. The van der Waals surface area contributed by atoms with Gasteiger partial charge in [-0.15, -0.1) is 0 Å². The molecule has 1 aromatic heterocycles. The van der Waals surface area contributed by atoms with Crippen molar-refractivity contribution >= 4 is 22.4 Å². The van der Waals surface area contributed by atoms with E-state index in [1.54, 1.807) is 0 Å². The lowest BCUT2D eigenvalue weighted by Crippen LogP contribution is -2.43. The van der Waals surface area contributed by atoms with E-state index in [2.05, 4.69) is 20.6 Å². The molecule has 0 amide bonds. The van der Waals surface area contributed by atoms with Gasteiger partial charge in [-0.1, -0.05) is 6.07 Å². The molecule has 5 rings (SSSR count). The van der Waals surface area contributed by atoms with Crippen LogP contribution < -0.4 is 25.0 Å². The fourth-order valence-corrected chi connectivity index (χ4v) is 3.59. The van der Waals surface area contributed by atoms with Gasteiger partial charge in [0.25, 0.3) is 0 Å². The van der Waals surface area contributed by atoms with Crippen molar-refractivity contribution < 1.29 is 13.9 Å². The number of halogens is 1. The van der Waals surface area contributed by atoms with Gasteiger partial charge < -0.3 is 25.0 Å². The number of hydrogen-bond donors (Lipinski definition) is 2. The largest absolute Gasteiger partial charge is 0.454 e. The van der Waals surface area contributed by atoms with Gasteiger partial charge in [0.2, 0.25) is 6.79 Å². The highest BCUT2D eigenvalue weighted by Gasteiger charge is 2.17. The molecule has 8 heteroatoms. The van der Waals surface area contributed by atoms with Crippen LogP contribution in [0.2, 0.25) is 0 Å². The summed E-state index contributed by atoms with van der Waals surface area (Å²) in [6.45, 7) is 4.04. The maximum absolute atomic E-state index is 14.8. The molecular formula is C20H20FN5O2. The lowest BCUT2D eigenvalue weighted by molar-refractivity contribution is 0.174. The number of hydrogen-bond acceptors (Lipinski definition) is 7. The maximum Gasteiger partial charge on any atom is 0.231 e. The highest BCUT2D eigenvalue weighted by molar-refractivity contribution is 5.91. The van der Waals surface area contributed by atoms with Crippen LogP contribution >= 0.6 is 0 Å². The van der Waals surface area contributed by atoms with E-state index in [1.165, 1.54) is 12.4 Å². The first-order valence-corrected chi connectivity index (χ1v) is 9.30. The number of anilines is 2. The van der Waals surface area contributed by atoms with Gasteiger partial charge in [-0.05, 0) is 29.8 Å². The van der Waals surface area contributed by atoms with Crippen molar-refractivity contribution in [2.24, 2.45) is 0 Å². The minimum absolute atomic E-state index is 0.247. The summed E-state index contributed by atoms with van der Waals surface area (Å²) < 4.78 is 25.6. The van der Waals surface area contributed by atoms with E-state index in [0.29, 0.717) is 23.4 Å². The summed E-state index contributed by atoms with van der Waals surface area (Å²) in [5.41, 5.74) is 2.33. The van der Waals surface area contributed by atoms with E-state index in [1.807, 2.05) is 29.2 Å². The molecule has 28 heavy (non-hydrogen) atoms. The van der Waals surface area contributed by atoms with E-state index < -0.39 is 0 Å². The summed E-state index contributed by atoms with van der Waals surface area (Å²) in [4.78, 5) is 10.7. The van der Waals surface area contributed by atoms with Crippen LogP contribution in [0.1, 0.15) is 5.56 Å². The molecule has 3 heterocycles. The standard InChI is InChI=1S/C20H20FN5O2/c21-15-8-14-16(9-17(15)26-5-3-22-4-6-26)24-11-25-20(14)23-10-13-1-2-18-19(7-13)28-12-27-18/h1-2,7-9,11,22H,3-6,10,12H2,(H,23,24,25). The third-order valence-corrected chi connectivity index (χ3v) is 5.06. The third kappa shape index (κ3) is 3.16. The van der Waals surface area contributed by atoms with E-state index in [4.69, 9.17) is 9.47 Å². The Kier molecular flexibility index (Phi) is 4.32. The van der Waals surface area contributed by atoms with Gasteiger partial charge >= 0.3 is 0 Å². The first-order valence-electron chi connectivity index (χ1n) is 9.30. The van der Waals surface area contributed by atoms with Crippen LogP contribution in [-0.4, -0.2) is 42.9 Å². The van der Waals surface area contributed by atoms with Crippen molar-refractivity contribution in [2.45, 2.75) is 6.54 Å². The van der Waals surface area contributed by atoms with Gasteiger partial charge in [0.05, 0.1) is 11.2 Å². The number of piperazine rings is 1. The quantitative estimate of drug-likeness (QED) is 0.720. The molecule has 0 aliphatic carbocycles. The van der Waals surface area contributed by atoms with Crippen LogP contribution in [0.4, 0.5) is 15.9 Å². The molecule has 2 N–H and O–H groups in total. The van der Waals surface area contributed by atoms with Crippen LogP contribution in [0.25, 0.3) is 10.9 Å². The van der Waals surface area contributed by atoms with Gasteiger partial charge in [0, 0.05) is 38.1 Å². The first-order chi connectivity index (χ1) is 13.8. The molecule has 2 aromatic carbocycles. The van der Waals surface area contributed by atoms with Crippen molar-refractivity contribution in [1.82, 2.24) is 15.3 Å². The molecule has 3 aromatic rings. The minimum atomic E-state index is -0.254. The Morgan fingerprint density at radius 2 is 1.93 bits per heavy atom. The van der Waals surface area contributed by atoms with Crippen molar-refractivity contribution in [3.63, 3.8) is 0 Å². The Morgan fingerprint density at radius 1 is 1.07 bits per heavy atom. The molecule has 144 valence electrons. The molecule has 2 aliphatic heterocycles. The zero-order valence-corrected chi connectivity index (χ0v) is 15.2. The van der Waals surface area contributed by atoms with Crippen LogP contribution in [0.3, 0.4) is 0 Å². The van der Waals surface area contributed by atoms with Crippen LogP contribution in [-0.2, 0) is 6.54 Å². The number of rotatable bonds is 4. The molecular weight excluding hydrogens is 361 g/mol. The number of fused-ring (bicyclic) bond motifs is 2. The molecule has 7 nitrogen and oxygen atoms in total. The number of benzene rings is 2. The molecule has 1 fully saturated rings.